The maximum absolute atomic E-state index is 11.8. The van der Waals surface area contributed by atoms with Crippen LogP contribution in [0.1, 0.15) is 10.4 Å². The summed E-state index contributed by atoms with van der Waals surface area (Å²) in [5.41, 5.74) is 6.49. The van der Waals surface area contributed by atoms with Gasteiger partial charge in [0.15, 0.2) is 0 Å². The van der Waals surface area contributed by atoms with Gasteiger partial charge >= 0.3 is 0 Å². The van der Waals surface area contributed by atoms with Crippen molar-refractivity contribution in [3.05, 3.63) is 42.5 Å². The van der Waals surface area contributed by atoms with Gasteiger partial charge in [0.1, 0.15) is 0 Å². The number of rotatable bonds is 4. The summed E-state index contributed by atoms with van der Waals surface area (Å²) in [7, 11) is 0. The van der Waals surface area contributed by atoms with E-state index in [9.17, 15) is 4.79 Å². The molecule has 2 heterocycles. The topological polar surface area (TPSA) is 85.3 Å². The van der Waals surface area contributed by atoms with Crippen LogP contribution >= 0.6 is 0 Å². The summed E-state index contributed by atoms with van der Waals surface area (Å²) in [5, 5.41) is 6.81. The van der Waals surface area contributed by atoms with E-state index in [-0.39, 0.29) is 5.91 Å². The number of nitrogens with zero attached hydrogens (tertiary/aromatic N) is 3. The number of nitrogens with one attached hydrogen (secondary N) is 1. The van der Waals surface area contributed by atoms with E-state index in [4.69, 9.17) is 5.73 Å². The van der Waals surface area contributed by atoms with E-state index >= 15 is 0 Å². The number of aromatic nitrogens is 3. The lowest BCUT2D eigenvalue weighted by atomic mass is 10.3. The highest BCUT2D eigenvalue weighted by Crippen LogP contribution is 2.07. The third-order valence-electron chi connectivity index (χ3n) is 2.25. The number of amides is 1. The van der Waals surface area contributed by atoms with Crippen molar-refractivity contribution in [3.8, 4) is 0 Å². The summed E-state index contributed by atoms with van der Waals surface area (Å²) in [6.45, 7) is 0.921. The molecule has 0 saturated heterocycles. The molecule has 0 bridgehead atoms. The van der Waals surface area contributed by atoms with Gasteiger partial charge in [-0.1, -0.05) is 12.2 Å². The second-order valence-corrected chi connectivity index (χ2v) is 3.38. The molecule has 0 unspecified atom stereocenters. The zero-order valence-electron chi connectivity index (χ0n) is 9.21. The number of carbonyl (C=O) groups is 1. The minimum Gasteiger partial charge on any atom is -0.348 e. The lowest BCUT2D eigenvalue weighted by molar-refractivity contribution is 0.0959. The highest BCUT2D eigenvalue weighted by Gasteiger charge is 2.11. The second-order valence-electron chi connectivity index (χ2n) is 3.38. The second kappa shape index (κ2) is 5.22. The van der Waals surface area contributed by atoms with Crippen molar-refractivity contribution in [1.29, 1.82) is 0 Å². The molecular weight excluding hydrogens is 218 g/mol. The zero-order valence-corrected chi connectivity index (χ0v) is 9.21. The van der Waals surface area contributed by atoms with Gasteiger partial charge in [-0.3, -0.25) is 9.78 Å². The molecule has 88 valence electrons. The van der Waals surface area contributed by atoms with Crippen LogP contribution in [0.5, 0.6) is 0 Å². The Balaban J connectivity index is 2.11. The molecule has 0 aromatic carbocycles. The van der Waals surface area contributed by atoms with Crippen molar-refractivity contribution in [2.75, 3.05) is 13.1 Å². The minimum atomic E-state index is -0.172. The first-order valence-corrected chi connectivity index (χ1v) is 5.23. The molecule has 0 spiro atoms. The quantitative estimate of drug-likeness (QED) is 0.724. The van der Waals surface area contributed by atoms with Crippen LogP contribution in [-0.4, -0.2) is 33.6 Å². The molecule has 0 aliphatic heterocycles. The molecule has 3 N–H and O–H groups in total. The van der Waals surface area contributed by atoms with Crippen LogP contribution in [0.2, 0.25) is 0 Å². The Kier molecular flexibility index (Phi) is 3.46. The molecule has 17 heavy (non-hydrogen) atoms. The largest absolute Gasteiger partial charge is 0.348 e. The fraction of sp³-hybridized carbons (Fsp3) is 0.182. The van der Waals surface area contributed by atoms with Crippen LogP contribution in [0.4, 0.5) is 0 Å². The molecule has 2 aromatic heterocycles. The van der Waals surface area contributed by atoms with Crippen LogP contribution in [0, 0.1) is 0 Å². The average Bonchev–Trinajstić information content (AvgIpc) is 2.78. The third-order valence-corrected chi connectivity index (χ3v) is 2.25. The number of hydrogen-bond acceptors (Lipinski definition) is 4. The van der Waals surface area contributed by atoms with Gasteiger partial charge < -0.3 is 11.1 Å². The van der Waals surface area contributed by atoms with Gasteiger partial charge in [-0.25, -0.2) is 4.52 Å². The number of hydrogen-bond donors (Lipinski definition) is 2. The Hall–Kier alpha value is -2.21. The third kappa shape index (κ3) is 2.48. The highest BCUT2D eigenvalue weighted by molar-refractivity contribution is 6.00. The van der Waals surface area contributed by atoms with Crippen LogP contribution in [0.3, 0.4) is 0 Å². The molecule has 0 atom stereocenters. The molecular formula is C11H13N5O. The van der Waals surface area contributed by atoms with E-state index in [0.29, 0.717) is 24.2 Å². The number of fused-ring (bicyclic) bond motifs is 1. The van der Waals surface area contributed by atoms with Gasteiger partial charge in [-0.05, 0) is 0 Å². The van der Waals surface area contributed by atoms with Crippen LogP contribution in [-0.2, 0) is 0 Å². The van der Waals surface area contributed by atoms with Crippen molar-refractivity contribution in [2.45, 2.75) is 0 Å². The molecule has 6 heteroatoms. The van der Waals surface area contributed by atoms with Crippen molar-refractivity contribution >= 4 is 11.4 Å². The lowest BCUT2D eigenvalue weighted by Crippen LogP contribution is -2.23. The Labute approximate surface area is 98.1 Å². The van der Waals surface area contributed by atoms with Gasteiger partial charge in [0, 0.05) is 25.5 Å². The number of carbonyl (C=O) groups excluding carboxylic acids is 1. The smallest absolute Gasteiger partial charge is 0.255 e. The fourth-order valence-electron chi connectivity index (χ4n) is 1.44. The fourth-order valence-corrected chi connectivity index (χ4v) is 1.44. The van der Waals surface area contributed by atoms with E-state index < -0.39 is 0 Å². The first kappa shape index (κ1) is 11.3. The van der Waals surface area contributed by atoms with E-state index in [1.165, 1.54) is 6.20 Å². The Morgan fingerprint density at radius 3 is 3.18 bits per heavy atom. The summed E-state index contributed by atoms with van der Waals surface area (Å²) >= 11 is 0. The van der Waals surface area contributed by atoms with Gasteiger partial charge in [0.25, 0.3) is 5.91 Å². The SMILES string of the molecule is NC/C=C/CNC(=O)c1cnn2ccncc12. The molecule has 0 saturated carbocycles. The van der Waals surface area contributed by atoms with Crippen LogP contribution in [0.15, 0.2) is 36.9 Å². The van der Waals surface area contributed by atoms with Gasteiger partial charge in [0.2, 0.25) is 0 Å². The first-order chi connectivity index (χ1) is 8.33. The van der Waals surface area contributed by atoms with Gasteiger partial charge in [0.05, 0.1) is 23.5 Å². The predicted octanol–water partition coefficient (Wildman–Crippen LogP) is -0.0260. The van der Waals surface area contributed by atoms with Crippen LogP contribution in [0.25, 0.3) is 5.52 Å². The summed E-state index contributed by atoms with van der Waals surface area (Å²) in [6, 6.07) is 0. The van der Waals surface area contributed by atoms with E-state index in [1.54, 1.807) is 29.2 Å². The van der Waals surface area contributed by atoms with Crippen molar-refractivity contribution < 1.29 is 4.79 Å². The van der Waals surface area contributed by atoms with E-state index in [2.05, 4.69) is 15.4 Å². The average molecular weight is 231 g/mol. The van der Waals surface area contributed by atoms with Crippen molar-refractivity contribution in [1.82, 2.24) is 19.9 Å². The van der Waals surface area contributed by atoms with Gasteiger partial charge in [-0.15, -0.1) is 0 Å². The normalized spacial score (nSPS) is 11.1. The zero-order chi connectivity index (χ0) is 12.1. The molecule has 6 nitrogen and oxygen atoms in total. The predicted molar refractivity (Wildman–Crippen MR) is 63.5 cm³/mol. The maximum Gasteiger partial charge on any atom is 0.255 e. The van der Waals surface area contributed by atoms with E-state index in [0.717, 1.165) is 0 Å². The summed E-state index contributed by atoms with van der Waals surface area (Å²) < 4.78 is 1.61. The highest BCUT2D eigenvalue weighted by atomic mass is 16.1. The molecule has 0 radical (unpaired) electrons. The molecule has 0 aliphatic carbocycles. The molecule has 1 amide bonds. The Morgan fingerprint density at radius 1 is 1.47 bits per heavy atom. The molecule has 0 aliphatic rings. The number of nitrogens with two attached hydrogens (primary N) is 1. The first-order valence-electron chi connectivity index (χ1n) is 5.23. The summed E-state index contributed by atoms with van der Waals surface area (Å²) in [5.74, 6) is -0.172. The van der Waals surface area contributed by atoms with Crippen molar-refractivity contribution in [2.24, 2.45) is 5.73 Å². The lowest BCUT2D eigenvalue weighted by Gasteiger charge is -1.99. The summed E-state index contributed by atoms with van der Waals surface area (Å²) in [6.07, 6.45) is 10.0. The minimum absolute atomic E-state index is 0.172. The monoisotopic (exact) mass is 231 g/mol. The molecule has 0 fully saturated rings. The molecule has 2 rings (SSSR count). The van der Waals surface area contributed by atoms with Crippen molar-refractivity contribution in [3.63, 3.8) is 0 Å². The maximum atomic E-state index is 11.8. The van der Waals surface area contributed by atoms with E-state index in [1.807, 2.05) is 6.08 Å². The Morgan fingerprint density at radius 2 is 2.35 bits per heavy atom. The van der Waals surface area contributed by atoms with Crippen LogP contribution < -0.4 is 11.1 Å². The van der Waals surface area contributed by atoms with Gasteiger partial charge in [-0.2, -0.15) is 5.10 Å². The molecule has 2 aromatic rings. The Bertz CT molecular complexity index is 546. The summed E-state index contributed by atoms with van der Waals surface area (Å²) in [4.78, 5) is 15.8. The standard InChI is InChI=1S/C11H13N5O/c12-3-1-2-4-14-11(17)9-7-15-16-6-5-13-8-10(9)16/h1-2,5-8H,3-4,12H2,(H,14,17)/b2-1+.